The second-order valence-corrected chi connectivity index (χ2v) is 6.77. The molecule has 0 aliphatic heterocycles. The van der Waals surface area contributed by atoms with Gasteiger partial charge in [0.25, 0.3) is 5.56 Å². The molecular weight excluding hydrogens is 376 g/mol. The number of carbonyl (C=O) groups is 1. The molecule has 0 bridgehead atoms. The maximum atomic E-state index is 12.4. The van der Waals surface area contributed by atoms with Gasteiger partial charge in [-0.2, -0.15) is 5.26 Å². The number of nitriles is 1. The highest BCUT2D eigenvalue weighted by Gasteiger charge is 2.04. The van der Waals surface area contributed by atoms with E-state index in [9.17, 15) is 9.59 Å². The lowest BCUT2D eigenvalue weighted by Gasteiger charge is -2.00. The molecule has 0 saturated heterocycles. The number of methoxy groups -OCH3 is 1. The number of hydrogen-bond acceptors (Lipinski definition) is 6. The summed E-state index contributed by atoms with van der Waals surface area (Å²) in [7, 11) is 1.56. The maximum absolute atomic E-state index is 12.4. The van der Waals surface area contributed by atoms with Gasteiger partial charge in [0.2, 0.25) is 0 Å². The normalized spacial score (nSPS) is 11.9. The summed E-state index contributed by atoms with van der Waals surface area (Å²) in [5.41, 5.74) is 1.06. The Morgan fingerprint density at radius 2 is 1.82 bits per heavy atom. The van der Waals surface area contributed by atoms with Crippen molar-refractivity contribution >= 4 is 29.3 Å². The van der Waals surface area contributed by atoms with Crippen LogP contribution in [0, 0.1) is 11.3 Å². The molecule has 0 unspecified atom stereocenters. The number of rotatable bonds is 6. The van der Waals surface area contributed by atoms with Crippen molar-refractivity contribution in [2.24, 2.45) is 0 Å². The van der Waals surface area contributed by atoms with Crippen LogP contribution in [-0.4, -0.2) is 24.5 Å². The molecule has 7 heteroatoms. The van der Waals surface area contributed by atoms with Crippen LogP contribution in [0.5, 0.6) is 11.5 Å². The van der Waals surface area contributed by atoms with E-state index in [0.717, 1.165) is 5.56 Å². The van der Waals surface area contributed by atoms with Crippen LogP contribution in [-0.2, 0) is 0 Å². The molecular formula is C21H16N2O4S. The average Bonchev–Trinajstić information content (AvgIpc) is 3.06. The lowest BCUT2D eigenvalue weighted by atomic mass is 10.1. The Kier molecular flexibility index (Phi) is 6.04. The Balaban J connectivity index is 1.84. The molecule has 1 N–H and O–H groups in total. The molecule has 28 heavy (non-hydrogen) atoms. The van der Waals surface area contributed by atoms with Crippen LogP contribution in [0.2, 0.25) is 0 Å². The lowest BCUT2D eigenvalue weighted by molar-refractivity contribution is 0.106. The fraction of sp³-hybridized carbons (Fsp3) is 0.0952. The van der Waals surface area contributed by atoms with Crippen molar-refractivity contribution < 1.29 is 14.3 Å². The van der Waals surface area contributed by atoms with Crippen LogP contribution in [0.3, 0.4) is 0 Å². The summed E-state index contributed by atoms with van der Waals surface area (Å²) in [5, 5.41) is 8.52. The maximum Gasteiger partial charge on any atom is 0.266 e. The topological polar surface area (TPSA) is 92.2 Å². The Morgan fingerprint density at radius 1 is 1.14 bits per heavy atom. The average molecular weight is 392 g/mol. The van der Waals surface area contributed by atoms with Gasteiger partial charge >= 0.3 is 0 Å². The van der Waals surface area contributed by atoms with Crippen molar-refractivity contribution in [3.05, 3.63) is 79.2 Å². The molecule has 0 amide bonds. The van der Waals surface area contributed by atoms with Crippen molar-refractivity contribution in [1.82, 2.24) is 4.98 Å². The number of ketones is 1. The molecule has 6 nitrogen and oxygen atoms in total. The van der Waals surface area contributed by atoms with Crippen molar-refractivity contribution in [2.75, 3.05) is 13.7 Å². The van der Waals surface area contributed by atoms with E-state index in [-0.39, 0.29) is 17.9 Å². The summed E-state index contributed by atoms with van der Waals surface area (Å²) in [6.07, 6.45) is 3.14. The number of nitrogens with one attached hydrogen (secondary N) is 1. The van der Waals surface area contributed by atoms with Gasteiger partial charge in [-0.15, -0.1) is 11.3 Å². The number of H-pyrrole nitrogens is 1. The standard InChI is InChI=1S/C21H16N2O4S/c1-26-16-8-4-15(5-9-16)18(24)13-20-23-21(25)19(28-20)12-14-2-6-17(7-3-14)27-11-10-22/h2-9,12-13H,11H2,1H3,(H,23,25)/b19-12+,20-13+. The molecule has 1 aromatic heterocycles. The molecule has 0 spiro atoms. The van der Waals surface area contributed by atoms with Gasteiger partial charge in [-0.25, -0.2) is 0 Å². The highest BCUT2D eigenvalue weighted by atomic mass is 32.1. The predicted octanol–water partition coefficient (Wildman–Crippen LogP) is 1.84. The molecule has 0 aliphatic carbocycles. The number of carbonyl (C=O) groups excluding carboxylic acids is 1. The number of aromatic nitrogens is 1. The number of Topliss-reactive ketones (excluding diaryl/α,β-unsaturated/α-hetero) is 1. The van der Waals surface area contributed by atoms with Gasteiger partial charge < -0.3 is 14.5 Å². The number of hydrogen-bond donors (Lipinski definition) is 1. The summed E-state index contributed by atoms with van der Waals surface area (Å²) in [6, 6.07) is 15.7. The summed E-state index contributed by atoms with van der Waals surface area (Å²) in [4.78, 5) is 27.2. The largest absolute Gasteiger partial charge is 0.497 e. The van der Waals surface area contributed by atoms with E-state index in [1.54, 1.807) is 61.7 Å². The fourth-order valence-corrected chi connectivity index (χ4v) is 3.29. The summed E-state index contributed by atoms with van der Waals surface area (Å²) in [6.45, 7) is -0.0188. The number of aromatic amines is 1. The van der Waals surface area contributed by atoms with E-state index >= 15 is 0 Å². The predicted molar refractivity (Wildman–Crippen MR) is 107 cm³/mol. The quantitative estimate of drug-likeness (QED) is 0.646. The second kappa shape index (κ2) is 8.84. The monoisotopic (exact) mass is 392 g/mol. The van der Waals surface area contributed by atoms with Gasteiger partial charge in [0.05, 0.1) is 16.3 Å². The molecule has 0 atom stereocenters. The second-order valence-electron chi connectivity index (χ2n) is 5.68. The van der Waals surface area contributed by atoms with E-state index in [4.69, 9.17) is 14.7 Å². The Bertz CT molecular complexity index is 1180. The molecule has 0 saturated carbocycles. The third-order valence-corrected chi connectivity index (χ3v) is 4.76. The first kappa shape index (κ1) is 19.1. The molecule has 0 radical (unpaired) electrons. The van der Waals surface area contributed by atoms with Crippen LogP contribution in [0.15, 0.2) is 53.3 Å². The minimum Gasteiger partial charge on any atom is -0.497 e. The van der Waals surface area contributed by atoms with E-state index in [1.165, 1.54) is 17.4 Å². The van der Waals surface area contributed by atoms with Crippen LogP contribution in [0.25, 0.3) is 12.2 Å². The van der Waals surface area contributed by atoms with Gasteiger partial charge in [-0.1, -0.05) is 12.1 Å². The first-order valence-corrected chi connectivity index (χ1v) is 9.11. The van der Waals surface area contributed by atoms with Crippen molar-refractivity contribution in [3.63, 3.8) is 0 Å². The van der Waals surface area contributed by atoms with E-state index in [1.807, 2.05) is 6.07 Å². The van der Waals surface area contributed by atoms with Gasteiger partial charge in [-0.3, -0.25) is 9.59 Å². The third-order valence-electron chi connectivity index (χ3n) is 3.80. The molecule has 140 valence electrons. The number of nitrogens with zero attached hydrogens (tertiary/aromatic N) is 1. The Hall–Kier alpha value is -3.63. The Morgan fingerprint density at radius 3 is 2.46 bits per heavy atom. The van der Waals surface area contributed by atoms with Crippen LogP contribution in [0.4, 0.5) is 0 Å². The lowest BCUT2D eigenvalue weighted by Crippen LogP contribution is -2.20. The smallest absolute Gasteiger partial charge is 0.266 e. The molecule has 2 aromatic carbocycles. The first-order valence-electron chi connectivity index (χ1n) is 8.30. The van der Waals surface area contributed by atoms with E-state index in [0.29, 0.717) is 26.3 Å². The molecule has 0 aliphatic rings. The van der Waals surface area contributed by atoms with E-state index < -0.39 is 0 Å². The molecule has 1 heterocycles. The Labute approximate surface area is 164 Å². The fourth-order valence-electron chi connectivity index (χ4n) is 2.41. The van der Waals surface area contributed by atoms with Crippen LogP contribution < -0.4 is 24.2 Å². The van der Waals surface area contributed by atoms with Crippen molar-refractivity contribution in [1.29, 1.82) is 5.26 Å². The zero-order valence-corrected chi connectivity index (χ0v) is 15.8. The van der Waals surface area contributed by atoms with Crippen LogP contribution >= 0.6 is 11.3 Å². The van der Waals surface area contributed by atoms with E-state index in [2.05, 4.69) is 4.98 Å². The zero-order valence-electron chi connectivity index (χ0n) is 15.0. The van der Waals surface area contributed by atoms with Gasteiger partial charge in [0.1, 0.15) is 17.6 Å². The van der Waals surface area contributed by atoms with Gasteiger partial charge in [0.15, 0.2) is 12.4 Å². The number of thiazole rings is 1. The minimum absolute atomic E-state index is 0.0188. The highest BCUT2D eigenvalue weighted by Crippen LogP contribution is 2.13. The van der Waals surface area contributed by atoms with Crippen molar-refractivity contribution in [3.8, 4) is 17.6 Å². The molecule has 3 aromatic rings. The third kappa shape index (κ3) is 4.75. The van der Waals surface area contributed by atoms with Crippen LogP contribution in [0.1, 0.15) is 15.9 Å². The minimum atomic E-state index is -0.261. The first-order chi connectivity index (χ1) is 13.6. The highest BCUT2D eigenvalue weighted by molar-refractivity contribution is 7.07. The summed E-state index contributed by atoms with van der Waals surface area (Å²) < 4.78 is 11.2. The van der Waals surface area contributed by atoms with Crippen molar-refractivity contribution in [2.45, 2.75) is 0 Å². The van der Waals surface area contributed by atoms with Gasteiger partial charge in [0, 0.05) is 11.6 Å². The zero-order chi connectivity index (χ0) is 19.9. The number of benzene rings is 2. The van der Waals surface area contributed by atoms with Gasteiger partial charge in [-0.05, 0) is 48.0 Å². The summed E-state index contributed by atoms with van der Waals surface area (Å²) in [5.74, 6) is 1.05. The molecule has 3 rings (SSSR count). The molecule has 0 fully saturated rings. The SMILES string of the molecule is COc1ccc(C(=O)/C=c2\[nH]c(=O)/c(=C\c3ccc(OCC#N)cc3)s2)cc1. The summed E-state index contributed by atoms with van der Waals surface area (Å²) >= 11 is 1.20. The number of ether oxygens (including phenoxy) is 2.